The standard InChI is InChI=1S/C24H25N3O2S/c28-22-13-17(14-27(22)19-10-5-8-15-6-1-3-9-18(15)19)23-25-24(29-26-23)21-12-16-7-2-4-11-20(16)30-21/h5,8,10,12,17H,1-4,6-7,9,11,13-14H2. The second-order valence-electron chi connectivity index (χ2n) is 8.75. The van der Waals surface area contributed by atoms with Gasteiger partial charge in [-0.05, 0) is 80.2 Å². The lowest BCUT2D eigenvalue weighted by Crippen LogP contribution is -2.26. The minimum Gasteiger partial charge on any atom is -0.333 e. The number of carbonyl (C=O) groups excluding carboxylic acids is 1. The van der Waals surface area contributed by atoms with Gasteiger partial charge in [-0.2, -0.15) is 4.98 Å². The molecular weight excluding hydrogens is 394 g/mol. The number of hydrogen-bond donors (Lipinski definition) is 0. The van der Waals surface area contributed by atoms with Crippen LogP contribution in [0.5, 0.6) is 0 Å². The molecule has 3 aromatic rings. The van der Waals surface area contributed by atoms with E-state index in [-0.39, 0.29) is 11.8 Å². The Balaban J connectivity index is 1.25. The monoisotopic (exact) mass is 419 g/mol. The first-order valence-electron chi connectivity index (χ1n) is 11.1. The Kier molecular flexibility index (Phi) is 4.48. The normalized spacial score (nSPS) is 21.0. The molecule has 30 heavy (non-hydrogen) atoms. The minimum atomic E-state index is -0.0102. The van der Waals surface area contributed by atoms with E-state index in [9.17, 15) is 4.79 Å². The molecule has 1 fully saturated rings. The Morgan fingerprint density at radius 3 is 2.77 bits per heavy atom. The Morgan fingerprint density at radius 1 is 1.03 bits per heavy atom. The second-order valence-corrected chi connectivity index (χ2v) is 9.89. The zero-order valence-corrected chi connectivity index (χ0v) is 17.8. The summed E-state index contributed by atoms with van der Waals surface area (Å²) in [6.45, 7) is 0.634. The molecule has 1 amide bonds. The van der Waals surface area contributed by atoms with Crippen LogP contribution in [0.25, 0.3) is 10.8 Å². The number of rotatable bonds is 3. The number of anilines is 1. The number of fused-ring (bicyclic) bond motifs is 2. The van der Waals surface area contributed by atoms with E-state index in [0.717, 1.165) is 36.2 Å². The van der Waals surface area contributed by atoms with Crippen LogP contribution in [0.15, 0.2) is 28.8 Å². The van der Waals surface area contributed by atoms with Gasteiger partial charge in [-0.3, -0.25) is 4.79 Å². The van der Waals surface area contributed by atoms with Gasteiger partial charge in [0.1, 0.15) is 0 Å². The van der Waals surface area contributed by atoms with E-state index < -0.39 is 0 Å². The highest BCUT2D eigenvalue weighted by molar-refractivity contribution is 7.15. The summed E-state index contributed by atoms with van der Waals surface area (Å²) in [5.74, 6) is 1.42. The minimum absolute atomic E-state index is 0.0102. The molecule has 1 saturated heterocycles. The van der Waals surface area contributed by atoms with E-state index in [2.05, 4.69) is 29.4 Å². The van der Waals surface area contributed by atoms with E-state index in [4.69, 9.17) is 9.51 Å². The van der Waals surface area contributed by atoms with Gasteiger partial charge >= 0.3 is 0 Å². The highest BCUT2D eigenvalue weighted by atomic mass is 32.1. The molecule has 0 spiro atoms. The first-order chi connectivity index (χ1) is 14.8. The van der Waals surface area contributed by atoms with Crippen molar-refractivity contribution < 1.29 is 9.32 Å². The first kappa shape index (κ1) is 18.3. The predicted octanol–water partition coefficient (Wildman–Crippen LogP) is 5.08. The number of nitrogens with zero attached hydrogens (tertiary/aromatic N) is 3. The Bertz CT molecular complexity index is 1090. The fourth-order valence-corrected chi connectivity index (χ4v) is 6.40. The van der Waals surface area contributed by atoms with Gasteiger partial charge in [0.2, 0.25) is 5.91 Å². The second kappa shape index (κ2) is 7.34. The Hall–Kier alpha value is -2.47. The molecule has 1 aromatic carbocycles. The van der Waals surface area contributed by atoms with Crippen molar-refractivity contribution >= 4 is 22.9 Å². The third-order valence-corrected chi connectivity index (χ3v) is 8.03. The fraction of sp³-hybridized carbons (Fsp3) is 0.458. The van der Waals surface area contributed by atoms with Crippen LogP contribution in [-0.2, 0) is 30.5 Å². The molecule has 0 radical (unpaired) electrons. The van der Waals surface area contributed by atoms with Gasteiger partial charge in [-0.15, -0.1) is 11.3 Å². The summed E-state index contributed by atoms with van der Waals surface area (Å²) < 4.78 is 5.63. The number of thiophene rings is 1. The van der Waals surface area contributed by atoms with Crippen molar-refractivity contribution in [3.63, 3.8) is 0 Å². The SMILES string of the molecule is O=C1CC(c2noc(-c3cc4c(s3)CCCC4)n2)CN1c1cccc2c1CCCC2. The molecule has 2 aromatic heterocycles. The van der Waals surface area contributed by atoms with Crippen molar-refractivity contribution in [1.82, 2.24) is 10.1 Å². The molecule has 0 N–H and O–H groups in total. The van der Waals surface area contributed by atoms with Crippen molar-refractivity contribution in [3.05, 3.63) is 51.7 Å². The molecule has 1 atom stereocenters. The van der Waals surface area contributed by atoms with Crippen molar-refractivity contribution in [2.45, 2.75) is 63.7 Å². The quantitative estimate of drug-likeness (QED) is 0.594. The molecule has 6 heteroatoms. The molecule has 2 aliphatic carbocycles. The van der Waals surface area contributed by atoms with E-state index >= 15 is 0 Å². The molecular formula is C24H25N3O2S. The van der Waals surface area contributed by atoms with Crippen LogP contribution in [-0.4, -0.2) is 22.6 Å². The van der Waals surface area contributed by atoms with Crippen LogP contribution in [0.4, 0.5) is 5.69 Å². The topological polar surface area (TPSA) is 59.2 Å². The van der Waals surface area contributed by atoms with Crippen molar-refractivity contribution in [3.8, 4) is 10.8 Å². The molecule has 1 aliphatic heterocycles. The predicted molar refractivity (Wildman–Crippen MR) is 117 cm³/mol. The summed E-state index contributed by atoms with van der Waals surface area (Å²) in [5.41, 5.74) is 5.29. The van der Waals surface area contributed by atoms with Crippen LogP contribution >= 0.6 is 11.3 Å². The van der Waals surface area contributed by atoms with Gasteiger partial charge < -0.3 is 9.42 Å². The number of aryl methyl sites for hydroxylation is 3. The summed E-state index contributed by atoms with van der Waals surface area (Å²) in [6, 6.07) is 8.62. The van der Waals surface area contributed by atoms with Gasteiger partial charge in [0.25, 0.3) is 5.89 Å². The van der Waals surface area contributed by atoms with Crippen LogP contribution in [0, 0.1) is 0 Å². The summed E-state index contributed by atoms with van der Waals surface area (Å²) in [4.78, 5) is 22.1. The molecule has 6 rings (SSSR count). The molecule has 154 valence electrons. The van der Waals surface area contributed by atoms with Crippen molar-refractivity contribution in [2.24, 2.45) is 0 Å². The van der Waals surface area contributed by atoms with Gasteiger partial charge in [-0.1, -0.05) is 17.3 Å². The van der Waals surface area contributed by atoms with Crippen LogP contribution in [0.2, 0.25) is 0 Å². The summed E-state index contributed by atoms with van der Waals surface area (Å²) in [6.07, 6.45) is 9.92. The van der Waals surface area contributed by atoms with Gasteiger partial charge in [0.05, 0.1) is 4.88 Å². The van der Waals surface area contributed by atoms with Crippen LogP contribution in [0.1, 0.15) is 65.4 Å². The zero-order valence-electron chi connectivity index (χ0n) is 17.0. The van der Waals surface area contributed by atoms with Crippen LogP contribution in [0.3, 0.4) is 0 Å². The number of benzene rings is 1. The van der Waals surface area contributed by atoms with Gasteiger partial charge in [0.15, 0.2) is 5.82 Å². The van der Waals surface area contributed by atoms with E-state index in [1.807, 2.05) is 4.90 Å². The lowest BCUT2D eigenvalue weighted by molar-refractivity contribution is -0.117. The Morgan fingerprint density at radius 2 is 1.87 bits per heavy atom. The summed E-state index contributed by atoms with van der Waals surface area (Å²) in [7, 11) is 0. The maximum atomic E-state index is 12.9. The van der Waals surface area contributed by atoms with E-state index in [0.29, 0.717) is 24.7 Å². The van der Waals surface area contributed by atoms with Crippen LogP contribution < -0.4 is 4.90 Å². The number of amides is 1. The average molecular weight is 420 g/mol. The highest BCUT2D eigenvalue weighted by Gasteiger charge is 2.36. The summed E-state index contributed by atoms with van der Waals surface area (Å²) >= 11 is 1.78. The van der Waals surface area contributed by atoms with E-state index in [1.54, 1.807) is 11.3 Å². The maximum absolute atomic E-state index is 12.9. The smallest absolute Gasteiger partial charge is 0.268 e. The van der Waals surface area contributed by atoms with Gasteiger partial charge in [-0.25, -0.2) is 0 Å². The van der Waals surface area contributed by atoms with Crippen molar-refractivity contribution in [2.75, 3.05) is 11.4 Å². The van der Waals surface area contributed by atoms with E-state index in [1.165, 1.54) is 47.3 Å². The maximum Gasteiger partial charge on any atom is 0.268 e. The molecule has 0 saturated carbocycles. The largest absolute Gasteiger partial charge is 0.333 e. The molecule has 3 aliphatic rings. The third kappa shape index (κ3) is 3.09. The zero-order chi connectivity index (χ0) is 20.1. The number of carbonyl (C=O) groups is 1. The molecule has 5 nitrogen and oxygen atoms in total. The average Bonchev–Trinajstić information content (AvgIpc) is 3.51. The lowest BCUT2D eigenvalue weighted by Gasteiger charge is -2.25. The number of hydrogen-bond acceptors (Lipinski definition) is 5. The highest BCUT2D eigenvalue weighted by Crippen LogP contribution is 2.38. The van der Waals surface area contributed by atoms with Crippen molar-refractivity contribution in [1.29, 1.82) is 0 Å². The number of aromatic nitrogens is 2. The molecule has 3 heterocycles. The third-order valence-electron chi connectivity index (χ3n) is 6.80. The fourth-order valence-electron chi connectivity index (χ4n) is 5.22. The molecule has 1 unspecified atom stereocenters. The Labute approximate surface area is 180 Å². The molecule has 0 bridgehead atoms. The lowest BCUT2D eigenvalue weighted by atomic mass is 9.90. The first-order valence-corrected chi connectivity index (χ1v) is 11.9. The van der Waals surface area contributed by atoms with Gasteiger partial charge in [0, 0.05) is 29.4 Å². The summed E-state index contributed by atoms with van der Waals surface area (Å²) in [5, 5.41) is 4.27.